The van der Waals surface area contributed by atoms with E-state index in [0.29, 0.717) is 5.92 Å². The van der Waals surface area contributed by atoms with E-state index in [2.05, 4.69) is 29.1 Å². The molecule has 130 valence electrons. The molecule has 5 nitrogen and oxygen atoms in total. The van der Waals surface area contributed by atoms with Crippen molar-refractivity contribution in [1.82, 2.24) is 14.9 Å². The number of hydrogen-bond donors (Lipinski definition) is 0. The minimum Gasteiger partial charge on any atom is -0.354 e. The average molecular weight is 347 g/mol. The molecule has 1 amide bonds. The summed E-state index contributed by atoms with van der Waals surface area (Å²) in [6.45, 7) is 11.5. The fourth-order valence-electron chi connectivity index (χ4n) is 3.35. The van der Waals surface area contributed by atoms with Crippen molar-refractivity contribution in [3.05, 3.63) is 16.8 Å². The lowest BCUT2D eigenvalue weighted by atomic mass is 10.0. The van der Waals surface area contributed by atoms with Crippen LogP contribution in [0.25, 0.3) is 10.2 Å². The van der Waals surface area contributed by atoms with Crippen LogP contribution in [0.15, 0.2) is 5.38 Å². The van der Waals surface area contributed by atoms with Gasteiger partial charge in [-0.2, -0.15) is 0 Å². The van der Waals surface area contributed by atoms with E-state index in [1.807, 2.05) is 11.8 Å². The zero-order chi connectivity index (χ0) is 17.3. The highest BCUT2D eigenvalue weighted by molar-refractivity contribution is 7.17. The summed E-state index contributed by atoms with van der Waals surface area (Å²) in [5, 5.41) is 3.46. The first-order chi connectivity index (χ1) is 11.5. The maximum Gasteiger partial charge on any atom is 0.219 e. The van der Waals surface area contributed by atoms with Crippen LogP contribution in [0.5, 0.6) is 0 Å². The summed E-state index contributed by atoms with van der Waals surface area (Å²) < 4.78 is 0. The second kappa shape index (κ2) is 7.05. The molecule has 24 heavy (non-hydrogen) atoms. The SMILES string of the molecule is CC(=O)N1CCCN(c2nc(C)nc3scc(CC(C)C)c23)CC1. The second-order valence-electron chi connectivity index (χ2n) is 6.98. The van der Waals surface area contributed by atoms with Gasteiger partial charge in [0.2, 0.25) is 5.91 Å². The highest BCUT2D eigenvalue weighted by Crippen LogP contribution is 2.34. The van der Waals surface area contributed by atoms with Crippen molar-refractivity contribution in [1.29, 1.82) is 0 Å². The maximum absolute atomic E-state index is 11.7. The molecule has 1 fully saturated rings. The Labute approximate surface area is 147 Å². The third-order valence-corrected chi connectivity index (χ3v) is 5.39. The van der Waals surface area contributed by atoms with E-state index in [9.17, 15) is 4.79 Å². The van der Waals surface area contributed by atoms with Crippen LogP contribution in [0.2, 0.25) is 0 Å². The normalized spacial score (nSPS) is 16.0. The molecule has 6 heteroatoms. The predicted molar refractivity (Wildman–Crippen MR) is 99.8 cm³/mol. The summed E-state index contributed by atoms with van der Waals surface area (Å²) >= 11 is 1.72. The number of carbonyl (C=O) groups is 1. The molecule has 0 bridgehead atoms. The summed E-state index contributed by atoms with van der Waals surface area (Å²) in [5.41, 5.74) is 1.35. The Kier molecular flexibility index (Phi) is 5.04. The minimum absolute atomic E-state index is 0.164. The number of nitrogens with zero attached hydrogens (tertiary/aromatic N) is 4. The summed E-state index contributed by atoms with van der Waals surface area (Å²) in [4.78, 5) is 26.5. The molecule has 2 aromatic heterocycles. The van der Waals surface area contributed by atoms with Crippen LogP contribution < -0.4 is 4.90 Å². The number of rotatable bonds is 3. The van der Waals surface area contributed by atoms with Crippen molar-refractivity contribution >= 4 is 33.3 Å². The Bertz CT molecular complexity index is 740. The minimum atomic E-state index is 0.164. The van der Waals surface area contributed by atoms with Crippen LogP contribution in [-0.2, 0) is 11.2 Å². The van der Waals surface area contributed by atoms with Gasteiger partial charge in [-0.25, -0.2) is 9.97 Å². The van der Waals surface area contributed by atoms with Gasteiger partial charge in [-0.3, -0.25) is 4.79 Å². The highest BCUT2D eigenvalue weighted by atomic mass is 32.1. The fraction of sp³-hybridized carbons (Fsp3) is 0.611. The Hall–Kier alpha value is -1.69. The molecule has 0 aliphatic carbocycles. The first-order valence-corrected chi connectivity index (χ1v) is 9.59. The molecule has 0 saturated carbocycles. The lowest BCUT2D eigenvalue weighted by Gasteiger charge is -2.23. The van der Waals surface area contributed by atoms with Crippen molar-refractivity contribution in [3.63, 3.8) is 0 Å². The third kappa shape index (κ3) is 3.53. The first-order valence-electron chi connectivity index (χ1n) is 8.71. The van der Waals surface area contributed by atoms with Gasteiger partial charge >= 0.3 is 0 Å². The van der Waals surface area contributed by atoms with E-state index in [-0.39, 0.29) is 5.91 Å². The van der Waals surface area contributed by atoms with Gasteiger partial charge in [-0.1, -0.05) is 13.8 Å². The molecule has 1 saturated heterocycles. The molecule has 0 aromatic carbocycles. The van der Waals surface area contributed by atoms with Gasteiger partial charge < -0.3 is 9.80 Å². The van der Waals surface area contributed by atoms with Crippen molar-refractivity contribution in [3.8, 4) is 0 Å². The zero-order valence-electron chi connectivity index (χ0n) is 15.0. The number of hydrogen-bond acceptors (Lipinski definition) is 5. The Morgan fingerprint density at radius 3 is 2.75 bits per heavy atom. The van der Waals surface area contributed by atoms with Crippen molar-refractivity contribution < 1.29 is 4.79 Å². The number of fused-ring (bicyclic) bond motifs is 1. The fourth-order valence-corrected chi connectivity index (χ4v) is 4.34. The molecule has 0 spiro atoms. The van der Waals surface area contributed by atoms with E-state index in [1.54, 1.807) is 18.3 Å². The standard InChI is InChI=1S/C18H26N4OS/c1-12(2)10-15-11-24-18-16(15)17(19-13(3)20-18)22-7-5-6-21(8-9-22)14(4)23/h11-12H,5-10H2,1-4H3. The number of amides is 1. The molecule has 3 heterocycles. The second-order valence-corrected chi connectivity index (χ2v) is 7.84. The summed E-state index contributed by atoms with van der Waals surface area (Å²) in [6, 6.07) is 0. The van der Waals surface area contributed by atoms with Crippen molar-refractivity contribution in [2.75, 3.05) is 31.1 Å². The molecule has 0 N–H and O–H groups in total. The summed E-state index contributed by atoms with van der Waals surface area (Å²) in [6.07, 6.45) is 2.03. The Morgan fingerprint density at radius 1 is 1.25 bits per heavy atom. The van der Waals surface area contributed by atoms with Crippen LogP contribution in [0, 0.1) is 12.8 Å². The summed E-state index contributed by atoms with van der Waals surface area (Å²) in [5.74, 6) is 2.65. The van der Waals surface area contributed by atoms with Gasteiger partial charge in [0, 0.05) is 33.1 Å². The van der Waals surface area contributed by atoms with Gasteiger partial charge in [-0.05, 0) is 36.6 Å². The van der Waals surface area contributed by atoms with E-state index < -0.39 is 0 Å². The Balaban J connectivity index is 1.98. The quantitative estimate of drug-likeness (QED) is 0.856. The number of thiophene rings is 1. The van der Waals surface area contributed by atoms with Gasteiger partial charge in [-0.15, -0.1) is 11.3 Å². The zero-order valence-corrected chi connectivity index (χ0v) is 15.8. The number of aryl methyl sites for hydroxylation is 1. The lowest BCUT2D eigenvalue weighted by Crippen LogP contribution is -2.34. The molecule has 0 radical (unpaired) electrons. The third-order valence-electron chi connectivity index (χ3n) is 4.47. The van der Waals surface area contributed by atoms with Crippen LogP contribution in [0.1, 0.15) is 38.6 Å². The van der Waals surface area contributed by atoms with E-state index in [0.717, 1.165) is 55.5 Å². The van der Waals surface area contributed by atoms with Crippen LogP contribution in [0.4, 0.5) is 5.82 Å². The molecule has 1 aliphatic rings. The molecule has 0 atom stereocenters. The predicted octanol–water partition coefficient (Wildman–Crippen LogP) is 3.26. The van der Waals surface area contributed by atoms with E-state index in [4.69, 9.17) is 4.98 Å². The molecule has 1 aliphatic heterocycles. The number of aromatic nitrogens is 2. The van der Waals surface area contributed by atoms with Crippen molar-refractivity contribution in [2.45, 2.75) is 40.5 Å². The monoisotopic (exact) mass is 346 g/mol. The van der Waals surface area contributed by atoms with E-state index >= 15 is 0 Å². The number of carbonyl (C=O) groups excluding carboxylic acids is 1. The molecule has 0 unspecified atom stereocenters. The summed E-state index contributed by atoms with van der Waals surface area (Å²) in [7, 11) is 0. The lowest BCUT2D eigenvalue weighted by molar-refractivity contribution is -0.128. The molecule has 2 aromatic rings. The van der Waals surface area contributed by atoms with Crippen LogP contribution in [0.3, 0.4) is 0 Å². The highest BCUT2D eigenvalue weighted by Gasteiger charge is 2.22. The molecular weight excluding hydrogens is 320 g/mol. The van der Waals surface area contributed by atoms with Crippen LogP contribution >= 0.6 is 11.3 Å². The number of anilines is 1. The largest absolute Gasteiger partial charge is 0.354 e. The van der Waals surface area contributed by atoms with Gasteiger partial charge in [0.25, 0.3) is 0 Å². The van der Waals surface area contributed by atoms with Crippen LogP contribution in [-0.4, -0.2) is 47.0 Å². The smallest absolute Gasteiger partial charge is 0.219 e. The average Bonchev–Trinajstić information content (AvgIpc) is 2.75. The molecule has 3 rings (SSSR count). The maximum atomic E-state index is 11.7. The molecular formula is C18H26N4OS. The Morgan fingerprint density at radius 2 is 2.04 bits per heavy atom. The van der Waals surface area contributed by atoms with Gasteiger partial charge in [0.05, 0.1) is 5.39 Å². The topological polar surface area (TPSA) is 49.3 Å². The van der Waals surface area contributed by atoms with Crippen molar-refractivity contribution in [2.24, 2.45) is 5.92 Å². The first kappa shape index (κ1) is 17.1. The van der Waals surface area contributed by atoms with Gasteiger partial charge in [0.15, 0.2) is 0 Å². The van der Waals surface area contributed by atoms with E-state index in [1.165, 1.54) is 10.9 Å². The van der Waals surface area contributed by atoms with Gasteiger partial charge in [0.1, 0.15) is 16.5 Å².